The number of halogens is 3. The van der Waals surface area contributed by atoms with E-state index in [2.05, 4.69) is 16.8 Å². The molecule has 1 N–H and O–H groups in total. The summed E-state index contributed by atoms with van der Waals surface area (Å²) in [6.45, 7) is 0. The van der Waals surface area contributed by atoms with Gasteiger partial charge < -0.3 is 0 Å². The molecule has 4 nitrogen and oxygen atoms in total. The summed E-state index contributed by atoms with van der Waals surface area (Å²) in [6, 6.07) is 10.8. The van der Waals surface area contributed by atoms with E-state index in [-0.39, 0.29) is 15.5 Å². The first-order valence-electron chi connectivity index (χ1n) is 7.55. The third-order valence-corrected chi connectivity index (χ3v) is 5.27. The zero-order chi connectivity index (χ0) is 19.4. The van der Waals surface area contributed by atoms with Crippen LogP contribution in [0.1, 0.15) is 11.1 Å². The van der Waals surface area contributed by atoms with Crippen LogP contribution in [0.2, 0.25) is 5.02 Å². The van der Waals surface area contributed by atoms with Crippen LogP contribution < -0.4 is 4.72 Å². The van der Waals surface area contributed by atoms with Crippen molar-refractivity contribution in [1.82, 2.24) is 4.98 Å². The summed E-state index contributed by atoms with van der Waals surface area (Å²) in [4.78, 5) is 3.60. The van der Waals surface area contributed by atoms with Gasteiger partial charge >= 0.3 is 0 Å². The molecule has 27 heavy (non-hydrogen) atoms. The highest BCUT2D eigenvalue weighted by atomic mass is 35.5. The van der Waals surface area contributed by atoms with Gasteiger partial charge in [-0.25, -0.2) is 17.2 Å². The van der Waals surface area contributed by atoms with Crippen LogP contribution in [0.5, 0.6) is 0 Å². The van der Waals surface area contributed by atoms with E-state index in [1.54, 1.807) is 18.3 Å². The maximum absolute atomic E-state index is 14.3. The lowest BCUT2D eigenvalue weighted by atomic mass is 10.2. The van der Waals surface area contributed by atoms with Gasteiger partial charge in [-0.15, -0.1) is 0 Å². The lowest BCUT2D eigenvalue weighted by Gasteiger charge is -2.11. The molecule has 3 rings (SSSR count). The van der Waals surface area contributed by atoms with Gasteiger partial charge in [0.15, 0.2) is 11.6 Å². The van der Waals surface area contributed by atoms with E-state index in [0.29, 0.717) is 5.56 Å². The predicted molar refractivity (Wildman–Crippen MR) is 98.8 cm³/mol. The Balaban J connectivity index is 1.92. The molecule has 0 aliphatic carbocycles. The van der Waals surface area contributed by atoms with Crippen LogP contribution in [0.3, 0.4) is 0 Å². The van der Waals surface area contributed by atoms with Crippen molar-refractivity contribution in [3.63, 3.8) is 0 Å². The van der Waals surface area contributed by atoms with Gasteiger partial charge in [0.1, 0.15) is 10.6 Å². The molecule has 0 aliphatic heterocycles. The summed E-state index contributed by atoms with van der Waals surface area (Å²) in [6.07, 6.45) is 3.08. The summed E-state index contributed by atoms with van der Waals surface area (Å²) in [7, 11) is -4.26. The molecule has 0 bridgehead atoms. The normalized spacial score (nSPS) is 10.8. The van der Waals surface area contributed by atoms with E-state index >= 15 is 0 Å². The van der Waals surface area contributed by atoms with Crippen molar-refractivity contribution in [3.05, 3.63) is 88.7 Å². The monoisotopic (exact) mass is 404 g/mol. The van der Waals surface area contributed by atoms with E-state index in [9.17, 15) is 17.2 Å². The molecule has 136 valence electrons. The number of benzene rings is 2. The summed E-state index contributed by atoms with van der Waals surface area (Å²) in [5.41, 5.74) is -0.182. The molecule has 3 aromatic rings. The SMILES string of the molecule is O=S(=O)(Nc1c(F)cc(C#Cc2cccnc2)cc1F)c1ccccc1Cl. The molecule has 0 radical (unpaired) electrons. The molecule has 0 saturated heterocycles. The van der Waals surface area contributed by atoms with Crippen LogP contribution in [0, 0.1) is 23.5 Å². The first kappa shape index (κ1) is 18.8. The van der Waals surface area contributed by atoms with Crippen molar-refractivity contribution in [2.45, 2.75) is 4.90 Å². The van der Waals surface area contributed by atoms with Gasteiger partial charge in [-0.1, -0.05) is 35.6 Å². The second-order valence-corrected chi connectivity index (χ2v) is 7.40. The Hall–Kier alpha value is -2.95. The maximum atomic E-state index is 14.3. The minimum absolute atomic E-state index is 0.0505. The molecular formula is C19H11ClF2N2O2S. The second-order valence-electron chi connectivity index (χ2n) is 5.34. The molecular weight excluding hydrogens is 394 g/mol. The van der Waals surface area contributed by atoms with E-state index in [4.69, 9.17) is 11.6 Å². The first-order valence-corrected chi connectivity index (χ1v) is 9.41. The Morgan fingerprint density at radius 2 is 1.63 bits per heavy atom. The first-order chi connectivity index (χ1) is 12.9. The molecule has 1 heterocycles. The van der Waals surface area contributed by atoms with Gasteiger partial charge in [0.2, 0.25) is 0 Å². The van der Waals surface area contributed by atoms with Gasteiger partial charge in [-0.3, -0.25) is 9.71 Å². The fourth-order valence-corrected chi connectivity index (χ4v) is 3.77. The minimum Gasteiger partial charge on any atom is -0.274 e. The third-order valence-electron chi connectivity index (χ3n) is 3.42. The van der Waals surface area contributed by atoms with Crippen molar-refractivity contribution in [2.24, 2.45) is 0 Å². The Kier molecular flexibility index (Phi) is 5.40. The molecule has 0 fully saturated rings. The van der Waals surface area contributed by atoms with E-state index < -0.39 is 27.3 Å². The number of nitrogens with zero attached hydrogens (tertiary/aromatic N) is 1. The van der Waals surface area contributed by atoms with Crippen LogP contribution in [-0.2, 0) is 10.0 Å². The highest BCUT2D eigenvalue weighted by molar-refractivity contribution is 7.92. The molecule has 0 amide bonds. The van der Waals surface area contributed by atoms with Crippen LogP contribution in [-0.4, -0.2) is 13.4 Å². The summed E-state index contributed by atoms with van der Waals surface area (Å²) in [5.74, 6) is 3.13. The third kappa shape index (κ3) is 4.42. The van der Waals surface area contributed by atoms with Gasteiger partial charge in [0.25, 0.3) is 10.0 Å². The standard InChI is InChI=1S/C19H11ClF2N2O2S/c20-15-5-1-2-6-18(15)27(25,26)24-19-16(21)10-14(11-17(19)22)8-7-13-4-3-9-23-12-13/h1-6,9-12,24H. The van der Waals surface area contributed by atoms with Gasteiger partial charge in [-0.05, 0) is 36.4 Å². The maximum Gasteiger partial charge on any atom is 0.263 e. The number of hydrogen-bond donors (Lipinski definition) is 1. The Morgan fingerprint density at radius 1 is 0.963 bits per heavy atom. The zero-order valence-electron chi connectivity index (χ0n) is 13.6. The number of sulfonamides is 1. The van der Waals surface area contributed by atoms with Crippen molar-refractivity contribution in [1.29, 1.82) is 0 Å². The number of hydrogen-bond acceptors (Lipinski definition) is 3. The highest BCUT2D eigenvalue weighted by Crippen LogP contribution is 2.27. The van der Waals surface area contributed by atoms with Gasteiger partial charge in [0, 0.05) is 23.5 Å². The van der Waals surface area contributed by atoms with Crippen LogP contribution in [0.25, 0.3) is 0 Å². The van der Waals surface area contributed by atoms with Crippen LogP contribution in [0.15, 0.2) is 65.8 Å². The Morgan fingerprint density at radius 3 is 2.26 bits per heavy atom. The minimum atomic E-state index is -4.26. The molecule has 0 spiro atoms. The van der Waals surface area contributed by atoms with Gasteiger partial charge in [-0.2, -0.15) is 0 Å². The molecule has 0 unspecified atom stereocenters. The lowest BCUT2D eigenvalue weighted by Crippen LogP contribution is -2.15. The average Bonchev–Trinajstić information content (AvgIpc) is 2.64. The van der Waals surface area contributed by atoms with Crippen molar-refractivity contribution in [3.8, 4) is 11.8 Å². The second kappa shape index (κ2) is 7.74. The fourth-order valence-electron chi connectivity index (χ4n) is 2.18. The number of rotatable bonds is 3. The Labute approximate surface area is 159 Å². The predicted octanol–water partition coefficient (Wildman–Crippen LogP) is 4.21. The van der Waals surface area contributed by atoms with E-state index in [0.717, 1.165) is 12.1 Å². The highest BCUT2D eigenvalue weighted by Gasteiger charge is 2.22. The van der Waals surface area contributed by atoms with Crippen molar-refractivity contribution >= 4 is 27.3 Å². The number of anilines is 1. The number of nitrogens with one attached hydrogen (secondary N) is 1. The average molecular weight is 405 g/mol. The Bertz CT molecular complexity index is 1130. The van der Waals surface area contributed by atoms with E-state index in [1.807, 2.05) is 4.72 Å². The van der Waals surface area contributed by atoms with Crippen LogP contribution >= 0.6 is 11.6 Å². The lowest BCUT2D eigenvalue weighted by molar-refractivity contribution is 0.582. The molecule has 8 heteroatoms. The van der Waals surface area contributed by atoms with Crippen molar-refractivity contribution in [2.75, 3.05) is 4.72 Å². The van der Waals surface area contributed by atoms with Crippen molar-refractivity contribution < 1.29 is 17.2 Å². The smallest absolute Gasteiger partial charge is 0.263 e. The largest absolute Gasteiger partial charge is 0.274 e. The molecule has 1 aromatic heterocycles. The molecule has 2 aromatic carbocycles. The molecule has 0 atom stereocenters. The summed E-state index contributed by atoms with van der Waals surface area (Å²) < 4.78 is 55.2. The number of pyridine rings is 1. The van der Waals surface area contributed by atoms with Gasteiger partial charge in [0.05, 0.1) is 5.02 Å². The van der Waals surface area contributed by atoms with Crippen LogP contribution in [0.4, 0.5) is 14.5 Å². The number of aromatic nitrogens is 1. The summed E-state index contributed by atoms with van der Waals surface area (Å²) >= 11 is 5.85. The molecule has 0 aliphatic rings. The topological polar surface area (TPSA) is 59.1 Å². The fraction of sp³-hybridized carbons (Fsp3) is 0. The zero-order valence-corrected chi connectivity index (χ0v) is 15.2. The molecule has 0 saturated carbocycles. The summed E-state index contributed by atoms with van der Waals surface area (Å²) in [5, 5.41) is -0.0650. The van der Waals surface area contributed by atoms with E-state index in [1.165, 1.54) is 30.5 Å². The quantitative estimate of drug-likeness (QED) is 0.665.